The second kappa shape index (κ2) is 8.05. The molecular formula is C12H21NO3. The summed E-state index contributed by atoms with van der Waals surface area (Å²) >= 11 is 0. The number of carbonyl (C=O) groups is 2. The van der Waals surface area contributed by atoms with Gasteiger partial charge >= 0.3 is 0 Å². The zero-order valence-corrected chi connectivity index (χ0v) is 10.4. The molecule has 0 aliphatic rings. The molecule has 0 heterocycles. The molecule has 0 aromatic heterocycles. The number of amides is 1. The maximum Gasteiger partial charge on any atom is 0.244 e. The second-order valence-corrected chi connectivity index (χ2v) is 4.10. The third-order valence-electron chi connectivity index (χ3n) is 1.82. The molecule has 1 N–H and O–H groups in total. The lowest BCUT2D eigenvalue weighted by atomic mass is 10.1. The molecule has 0 aromatic rings. The number of hydrogen-bond donors (Lipinski definition) is 1. The van der Waals surface area contributed by atoms with Crippen LogP contribution >= 0.6 is 0 Å². The van der Waals surface area contributed by atoms with Crippen molar-refractivity contribution in [3.8, 4) is 0 Å². The van der Waals surface area contributed by atoms with E-state index in [9.17, 15) is 9.59 Å². The largest absolute Gasteiger partial charge is 0.377 e. The van der Waals surface area contributed by atoms with Gasteiger partial charge in [0.15, 0.2) is 5.78 Å². The molecule has 0 unspecified atom stereocenters. The average molecular weight is 227 g/mol. The van der Waals surface area contributed by atoms with Gasteiger partial charge in [0, 0.05) is 18.5 Å². The fraction of sp³-hybridized carbons (Fsp3) is 0.667. The van der Waals surface area contributed by atoms with Crippen molar-refractivity contribution in [1.82, 2.24) is 5.32 Å². The summed E-state index contributed by atoms with van der Waals surface area (Å²) in [6, 6.07) is 0. The Balaban J connectivity index is 3.70. The van der Waals surface area contributed by atoms with E-state index in [1.807, 2.05) is 13.8 Å². The molecule has 0 fully saturated rings. The van der Waals surface area contributed by atoms with Crippen LogP contribution in [-0.4, -0.2) is 30.9 Å². The van der Waals surface area contributed by atoms with Gasteiger partial charge in [0.05, 0.1) is 12.7 Å². The Morgan fingerprint density at radius 3 is 2.31 bits per heavy atom. The van der Waals surface area contributed by atoms with Gasteiger partial charge in [0.25, 0.3) is 0 Å². The van der Waals surface area contributed by atoms with E-state index in [0.29, 0.717) is 13.2 Å². The van der Waals surface area contributed by atoms with E-state index in [4.69, 9.17) is 4.74 Å². The molecule has 0 saturated heterocycles. The van der Waals surface area contributed by atoms with E-state index in [0.717, 1.165) is 0 Å². The summed E-state index contributed by atoms with van der Waals surface area (Å²) in [5.74, 6) is -0.386. The Hall–Kier alpha value is -1.16. The number of ether oxygens (including phenoxy) is 1. The molecule has 0 aliphatic carbocycles. The fourth-order valence-electron chi connectivity index (χ4n) is 0.878. The van der Waals surface area contributed by atoms with Gasteiger partial charge in [-0.1, -0.05) is 13.8 Å². The van der Waals surface area contributed by atoms with Crippen molar-refractivity contribution in [2.24, 2.45) is 5.92 Å². The van der Waals surface area contributed by atoms with Crippen LogP contribution < -0.4 is 5.32 Å². The standard InChI is InChI=1S/C12H21NO3/c1-9(2)11(14)5-6-12(15)13-7-8-16-10(3)4/h5-6,9-10H,7-8H2,1-4H3,(H,13,15)/b6-5+. The molecule has 0 radical (unpaired) electrons. The molecule has 0 atom stereocenters. The molecule has 4 nitrogen and oxygen atoms in total. The zero-order valence-electron chi connectivity index (χ0n) is 10.4. The predicted molar refractivity (Wildman–Crippen MR) is 63.1 cm³/mol. The van der Waals surface area contributed by atoms with Gasteiger partial charge in [0.1, 0.15) is 0 Å². The molecule has 0 spiro atoms. The van der Waals surface area contributed by atoms with Crippen LogP contribution in [0.25, 0.3) is 0 Å². The van der Waals surface area contributed by atoms with Crippen molar-refractivity contribution in [1.29, 1.82) is 0 Å². The van der Waals surface area contributed by atoms with Gasteiger partial charge in [-0.3, -0.25) is 9.59 Å². The molecule has 0 aliphatic heterocycles. The van der Waals surface area contributed by atoms with Crippen molar-refractivity contribution in [2.75, 3.05) is 13.2 Å². The SMILES string of the molecule is CC(C)OCCNC(=O)/C=C/C(=O)C(C)C. The Morgan fingerprint density at radius 2 is 1.81 bits per heavy atom. The normalized spacial score (nSPS) is 11.4. The van der Waals surface area contributed by atoms with Gasteiger partial charge in [-0.15, -0.1) is 0 Å². The molecule has 0 aromatic carbocycles. The van der Waals surface area contributed by atoms with E-state index in [-0.39, 0.29) is 23.7 Å². The first-order valence-electron chi connectivity index (χ1n) is 5.54. The maximum absolute atomic E-state index is 11.2. The number of hydrogen-bond acceptors (Lipinski definition) is 3. The summed E-state index contributed by atoms with van der Waals surface area (Å²) in [5, 5.41) is 2.63. The smallest absolute Gasteiger partial charge is 0.244 e. The van der Waals surface area contributed by atoms with Crippen molar-refractivity contribution < 1.29 is 14.3 Å². The van der Waals surface area contributed by atoms with E-state index in [2.05, 4.69) is 5.32 Å². The summed E-state index contributed by atoms with van der Waals surface area (Å²) in [6.45, 7) is 8.39. The first kappa shape index (κ1) is 14.8. The fourth-order valence-corrected chi connectivity index (χ4v) is 0.878. The average Bonchev–Trinajstić information content (AvgIpc) is 2.20. The lowest BCUT2D eigenvalue weighted by Gasteiger charge is -2.07. The molecule has 16 heavy (non-hydrogen) atoms. The Bertz CT molecular complexity index is 257. The van der Waals surface area contributed by atoms with E-state index in [1.165, 1.54) is 12.2 Å². The van der Waals surface area contributed by atoms with E-state index >= 15 is 0 Å². The Kier molecular flexibility index (Phi) is 7.46. The van der Waals surface area contributed by atoms with Crippen LogP contribution in [0.2, 0.25) is 0 Å². The van der Waals surface area contributed by atoms with Crippen LogP contribution in [0, 0.1) is 5.92 Å². The number of nitrogens with one attached hydrogen (secondary N) is 1. The second-order valence-electron chi connectivity index (χ2n) is 4.10. The van der Waals surface area contributed by atoms with Gasteiger partial charge in [-0.25, -0.2) is 0 Å². The van der Waals surface area contributed by atoms with Gasteiger partial charge < -0.3 is 10.1 Å². The van der Waals surface area contributed by atoms with Crippen molar-refractivity contribution in [2.45, 2.75) is 33.8 Å². The highest BCUT2D eigenvalue weighted by atomic mass is 16.5. The van der Waals surface area contributed by atoms with Gasteiger partial charge in [0.2, 0.25) is 5.91 Å². The van der Waals surface area contributed by atoms with Crippen LogP contribution in [0.15, 0.2) is 12.2 Å². The van der Waals surface area contributed by atoms with Crippen LogP contribution in [0.1, 0.15) is 27.7 Å². The number of carbonyl (C=O) groups excluding carboxylic acids is 2. The van der Waals surface area contributed by atoms with Gasteiger partial charge in [-0.2, -0.15) is 0 Å². The number of allylic oxidation sites excluding steroid dienone is 1. The minimum absolute atomic E-state index is 0.0476. The van der Waals surface area contributed by atoms with Crippen LogP contribution in [0.5, 0.6) is 0 Å². The molecule has 0 saturated carbocycles. The number of rotatable bonds is 7. The quantitative estimate of drug-likeness (QED) is 0.527. The molecule has 1 amide bonds. The highest BCUT2D eigenvalue weighted by molar-refractivity contribution is 5.98. The third-order valence-corrected chi connectivity index (χ3v) is 1.82. The molecule has 0 bridgehead atoms. The third kappa shape index (κ3) is 8.17. The van der Waals surface area contributed by atoms with Crippen LogP contribution in [0.3, 0.4) is 0 Å². The van der Waals surface area contributed by atoms with Crippen molar-refractivity contribution >= 4 is 11.7 Å². The molecular weight excluding hydrogens is 206 g/mol. The Labute approximate surface area is 97.1 Å². The minimum Gasteiger partial charge on any atom is -0.377 e. The summed E-state index contributed by atoms with van der Waals surface area (Å²) in [6.07, 6.45) is 2.73. The maximum atomic E-state index is 11.2. The minimum atomic E-state index is -0.263. The van der Waals surface area contributed by atoms with Crippen LogP contribution in [0.4, 0.5) is 0 Å². The molecule has 92 valence electrons. The monoisotopic (exact) mass is 227 g/mol. The van der Waals surface area contributed by atoms with Crippen molar-refractivity contribution in [3.63, 3.8) is 0 Å². The zero-order chi connectivity index (χ0) is 12.6. The van der Waals surface area contributed by atoms with Crippen molar-refractivity contribution in [3.05, 3.63) is 12.2 Å². The molecule has 4 heteroatoms. The predicted octanol–water partition coefficient (Wildman–Crippen LogP) is 1.31. The van der Waals surface area contributed by atoms with E-state index in [1.54, 1.807) is 13.8 Å². The topological polar surface area (TPSA) is 55.4 Å². The summed E-state index contributed by atoms with van der Waals surface area (Å²) in [7, 11) is 0. The highest BCUT2D eigenvalue weighted by Gasteiger charge is 2.03. The lowest BCUT2D eigenvalue weighted by molar-refractivity contribution is -0.119. The summed E-state index contributed by atoms with van der Waals surface area (Å²) < 4.78 is 5.25. The number of ketones is 1. The lowest BCUT2D eigenvalue weighted by Crippen LogP contribution is -2.26. The van der Waals surface area contributed by atoms with Crippen LogP contribution in [-0.2, 0) is 14.3 Å². The van der Waals surface area contributed by atoms with Gasteiger partial charge in [-0.05, 0) is 19.9 Å². The highest BCUT2D eigenvalue weighted by Crippen LogP contribution is 1.94. The molecule has 0 rings (SSSR count). The first-order valence-corrected chi connectivity index (χ1v) is 5.54. The summed E-state index contributed by atoms with van der Waals surface area (Å²) in [5.41, 5.74) is 0. The van der Waals surface area contributed by atoms with E-state index < -0.39 is 0 Å². The first-order chi connectivity index (χ1) is 7.43. The Morgan fingerprint density at radius 1 is 1.19 bits per heavy atom. The summed E-state index contributed by atoms with van der Waals surface area (Å²) in [4.78, 5) is 22.4.